The van der Waals surface area contributed by atoms with Gasteiger partial charge in [-0.15, -0.1) is 35.6 Å². The number of rotatable bonds is 4. The van der Waals surface area contributed by atoms with E-state index in [1.165, 1.54) is 0 Å². The third kappa shape index (κ3) is 12.1. The summed E-state index contributed by atoms with van der Waals surface area (Å²) in [5.41, 5.74) is 0. The summed E-state index contributed by atoms with van der Waals surface area (Å²) in [4.78, 5) is 0. The highest BCUT2D eigenvalue weighted by molar-refractivity contribution is 6.20. The predicted molar refractivity (Wildman–Crippen MR) is 46.2 cm³/mol. The van der Waals surface area contributed by atoms with Gasteiger partial charge in [-0.1, -0.05) is 0 Å². The first-order chi connectivity index (χ1) is 3.77. The molecule has 0 saturated carbocycles. The third-order valence-electron chi connectivity index (χ3n) is 0.697. The van der Waals surface area contributed by atoms with Crippen LogP contribution in [0.4, 0.5) is 0 Å². The van der Waals surface area contributed by atoms with Crippen molar-refractivity contribution in [2.24, 2.45) is 0 Å². The quantitative estimate of drug-likeness (QED) is 0.530. The van der Waals surface area contributed by atoms with E-state index in [4.69, 9.17) is 23.2 Å². The average molecular weight is 193 g/mol. The van der Waals surface area contributed by atoms with Crippen LogP contribution in [0.2, 0.25) is 0 Å². The molecule has 0 bridgehead atoms. The van der Waals surface area contributed by atoms with Crippen molar-refractivity contribution in [3.8, 4) is 0 Å². The van der Waals surface area contributed by atoms with Gasteiger partial charge in [0.15, 0.2) is 0 Å². The lowest BCUT2D eigenvalue weighted by molar-refractivity contribution is 0.711. The molecule has 0 radical (unpaired) electrons. The predicted octanol–water partition coefficient (Wildman–Crippen LogP) is 1.86. The number of hydrogen-bond donors (Lipinski definition) is 1. The SMILES string of the molecule is CC(Cl)CNCCCl.Cl. The van der Waals surface area contributed by atoms with Crippen molar-refractivity contribution in [1.29, 1.82) is 0 Å². The van der Waals surface area contributed by atoms with Crippen LogP contribution in [0.1, 0.15) is 6.92 Å². The lowest BCUT2D eigenvalue weighted by Gasteiger charge is -2.01. The van der Waals surface area contributed by atoms with Crippen LogP contribution < -0.4 is 5.32 Å². The molecule has 9 heavy (non-hydrogen) atoms. The fourth-order valence-corrected chi connectivity index (χ4v) is 0.611. The van der Waals surface area contributed by atoms with Gasteiger partial charge in [0, 0.05) is 24.3 Å². The van der Waals surface area contributed by atoms with E-state index in [1.807, 2.05) is 6.92 Å². The van der Waals surface area contributed by atoms with E-state index in [1.54, 1.807) is 0 Å². The van der Waals surface area contributed by atoms with Crippen LogP contribution in [0.15, 0.2) is 0 Å². The number of hydrogen-bond acceptors (Lipinski definition) is 1. The lowest BCUT2D eigenvalue weighted by atomic mass is 10.5. The second-order valence-electron chi connectivity index (χ2n) is 1.67. The Morgan fingerprint density at radius 2 is 2.11 bits per heavy atom. The summed E-state index contributed by atoms with van der Waals surface area (Å²) in [6, 6.07) is 0. The van der Waals surface area contributed by atoms with Crippen LogP contribution in [-0.4, -0.2) is 24.3 Å². The zero-order valence-electron chi connectivity index (χ0n) is 5.36. The van der Waals surface area contributed by atoms with Crippen molar-refractivity contribution in [2.45, 2.75) is 12.3 Å². The highest BCUT2D eigenvalue weighted by atomic mass is 35.5. The van der Waals surface area contributed by atoms with Crippen molar-refractivity contribution >= 4 is 35.6 Å². The second-order valence-corrected chi connectivity index (χ2v) is 2.80. The van der Waals surface area contributed by atoms with Crippen molar-refractivity contribution in [3.05, 3.63) is 0 Å². The summed E-state index contributed by atoms with van der Waals surface area (Å²) in [7, 11) is 0. The maximum atomic E-state index is 5.61. The lowest BCUT2D eigenvalue weighted by Crippen LogP contribution is -2.23. The van der Waals surface area contributed by atoms with Crippen LogP contribution in [0, 0.1) is 0 Å². The molecule has 4 heteroatoms. The van der Waals surface area contributed by atoms with Crippen LogP contribution in [0.25, 0.3) is 0 Å². The van der Waals surface area contributed by atoms with Gasteiger partial charge in [0.2, 0.25) is 0 Å². The van der Waals surface area contributed by atoms with Gasteiger partial charge in [-0.25, -0.2) is 0 Å². The van der Waals surface area contributed by atoms with Crippen LogP contribution >= 0.6 is 35.6 Å². The van der Waals surface area contributed by atoms with Gasteiger partial charge >= 0.3 is 0 Å². The molecule has 0 aliphatic carbocycles. The molecule has 0 aliphatic rings. The van der Waals surface area contributed by atoms with Gasteiger partial charge in [0.05, 0.1) is 0 Å². The van der Waals surface area contributed by atoms with E-state index in [-0.39, 0.29) is 17.8 Å². The molecule has 1 nitrogen and oxygen atoms in total. The minimum atomic E-state index is 0. The van der Waals surface area contributed by atoms with Crippen molar-refractivity contribution in [2.75, 3.05) is 19.0 Å². The fraction of sp³-hybridized carbons (Fsp3) is 1.00. The van der Waals surface area contributed by atoms with Gasteiger partial charge in [-0.05, 0) is 6.92 Å². The molecular weight excluding hydrogens is 180 g/mol. The molecule has 1 N–H and O–H groups in total. The smallest absolute Gasteiger partial charge is 0.0432 e. The molecule has 0 spiro atoms. The summed E-state index contributed by atoms with van der Waals surface area (Å²) < 4.78 is 0. The zero-order valence-corrected chi connectivity index (χ0v) is 7.69. The largest absolute Gasteiger partial charge is 0.314 e. The van der Waals surface area contributed by atoms with Crippen molar-refractivity contribution in [3.63, 3.8) is 0 Å². The summed E-state index contributed by atoms with van der Waals surface area (Å²) >= 11 is 11.0. The molecule has 0 aromatic heterocycles. The number of halogens is 3. The summed E-state index contributed by atoms with van der Waals surface area (Å²) in [6.45, 7) is 3.63. The molecule has 0 aliphatic heterocycles. The highest BCUT2D eigenvalue weighted by Crippen LogP contribution is 1.88. The third-order valence-corrected chi connectivity index (χ3v) is 1.04. The Balaban J connectivity index is 0. The Morgan fingerprint density at radius 1 is 1.56 bits per heavy atom. The molecule has 58 valence electrons. The summed E-state index contributed by atoms with van der Waals surface area (Å²) in [5, 5.41) is 3.28. The minimum Gasteiger partial charge on any atom is -0.314 e. The molecule has 1 unspecified atom stereocenters. The monoisotopic (exact) mass is 191 g/mol. The normalized spacial score (nSPS) is 12.3. The van der Waals surface area contributed by atoms with Crippen LogP contribution in [-0.2, 0) is 0 Å². The molecule has 0 saturated heterocycles. The number of alkyl halides is 2. The van der Waals surface area contributed by atoms with E-state index < -0.39 is 0 Å². The highest BCUT2D eigenvalue weighted by Gasteiger charge is 1.91. The second kappa shape index (κ2) is 8.83. The van der Waals surface area contributed by atoms with Crippen LogP contribution in [0.3, 0.4) is 0 Å². The molecule has 0 heterocycles. The standard InChI is InChI=1S/C5H11Cl2N.ClH/c1-5(7)4-8-3-2-6;/h5,8H,2-4H2,1H3;1H. The van der Waals surface area contributed by atoms with Crippen LogP contribution in [0.5, 0.6) is 0 Å². The van der Waals surface area contributed by atoms with Crippen molar-refractivity contribution in [1.82, 2.24) is 5.32 Å². The van der Waals surface area contributed by atoms with Gasteiger partial charge in [0.1, 0.15) is 0 Å². The Morgan fingerprint density at radius 3 is 2.44 bits per heavy atom. The topological polar surface area (TPSA) is 12.0 Å². The van der Waals surface area contributed by atoms with Gasteiger partial charge < -0.3 is 5.32 Å². The van der Waals surface area contributed by atoms with Gasteiger partial charge in [-0.2, -0.15) is 0 Å². The molecule has 0 aromatic carbocycles. The Kier molecular flexibility index (Phi) is 12.3. The molecule has 1 atom stereocenters. The van der Waals surface area contributed by atoms with E-state index in [0.717, 1.165) is 13.1 Å². The van der Waals surface area contributed by atoms with Gasteiger partial charge in [0.25, 0.3) is 0 Å². The number of nitrogens with one attached hydrogen (secondary N) is 1. The van der Waals surface area contributed by atoms with Crippen molar-refractivity contribution < 1.29 is 0 Å². The molecule has 0 rings (SSSR count). The van der Waals surface area contributed by atoms with E-state index >= 15 is 0 Å². The molecular formula is C5H12Cl3N. The van der Waals surface area contributed by atoms with E-state index in [0.29, 0.717) is 5.88 Å². The molecule has 0 fully saturated rings. The minimum absolute atomic E-state index is 0. The Labute approximate surface area is 72.5 Å². The summed E-state index contributed by atoms with van der Waals surface area (Å²) in [5.74, 6) is 0.656. The van der Waals surface area contributed by atoms with Gasteiger partial charge in [-0.3, -0.25) is 0 Å². The van der Waals surface area contributed by atoms with E-state index in [9.17, 15) is 0 Å². The first kappa shape index (κ1) is 12.5. The maximum Gasteiger partial charge on any atom is 0.0432 e. The maximum absolute atomic E-state index is 5.61. The average Bonchev–Trinajstić information content (AvgIpc) is 1.66. The molecule has 0 amide bonds. The Hall–Kier alpha value is 0.830. The summed E-state index contributed by atoms with van der Waals surface area (Å²) in [6.07, 6.45) is 0. The Bertz CT molecular complexity index is 49.5. The first-order valence-electron chi connectivity index (χ1n) is 2.68. The fourth-order valence-electron chi connectivity index (χ4n) is 0.368. The molecule has 0 aromatic rings. The zero-order chi connectivity index (χ0) is 6.41. The first-order valence-corrected chi connectivity index (χ1v) is 3.65. The van der Waals surface area contributed by atoms with E-state index in [2.05, 4.69) is 5.32 Å².